The average molecular weight is 278 g/mol. The van der Waals surface area contributed by atoms with E-state index in [-0.39, 0.29) is 12.1 Å². The number of morpholine rings is 1. The van der Waals surface area contributed by atoms with Gasteiger partial charge >= 0.3 is 0 Å². The van der Waals surface area contributed by atoms with Gasteiger partial charge in [0.05, 0.1) is 25.4 Å². The lowest BCUT2D eigenvalue weighted by Crippen LogP contribution is -2.47. The molecular formula is C16H26N2O2. The Morgan fingerprint density at radius 1 is 1.35 bits per heavy atom. The fraction of sp³-hybridized carbons (Fsp3) is 0.625. The molecule has 1 saturated heterocycles. The highest BCUT2D eigenvalue weighted by molar-refractivity contribution is 5.30. The van der Waals surface area contributed by atoms with Gasteiger partial charge in [-0.1, -0.05) is 19.1 Å². The second-order valence-electron chi connectivity index (χ2n) is 5.07. The van der Waals surface area contributed by atoms with Gasteiger partial charge in [-0.05, 0) is 38.2 Å². The maximum absolute atomic E-state index is 5.96. The molecule has 2 unspecified atom stereocenters. The number of ether oxygens (including phenoxy) is 2. The lowest BCUT2D eigenvalue weighted by Gasteiger charge is -2.36. The Hall–Kier alpha value is -1.10. The van der Waals surface area contributed by atoms with Gasteiger partial charge in [-0.2, -0.15) is 0 Å². The third-order valence-electron chi connectivity index (χ3n) is 3.86. The van der Waals surface area contributed by atoms with E-state index in [1.165, 1.54) is 5.56 Å². The molecule has 0 saturated carbocycles. The van der Waals surface area contributed by atoms with E-state index in [0.717, 1.165) is 32.0 Å². The van der Waals surface area contributed by atoms with Crippen LogP contribution in [0.3, 0.4) is 0 Å². The van der Waals surface area contributed by atoms with Crippen molar-refractivity contribution >= 4 is 0 Å². The highest BCUT2D eigenvalue weighted by Crippen LogP contribution is 2.24. The zero-order chi connectivity index (χ0) is 14.4. The highest BCUT2D eigenvalue weighted by Gasteiger charge is 2.27. The van der Waals surface area contributed by atoms with Gasteiger partial charge in [0.15, 0.2) is 0 Å². The lowest BCUT2D eigenvalue weighted by atomic mass is 10.00. The molecule has 0 aliphatic carbocycles. The van der Waals surface area contributed by atoms with Crippen LogP contribution in [0.1, 0.15) is 25.5 Å². The summed E-state index contributed by atoms with van der Waals surface area (Å²) in [6.45, 7) is 8.81. The Bertz CT molecular complexity index is 394. The van der Waals surface area contributed by atoms with Gasteiger partial charge in [-0.15, -0.1) is 0 Å². The molecule has 2 rings (SSSR count). The summed E-state index contributed by atoms with van der Waals surface area (Å²) >= 11 is 0. The van der Waals surface area contributed by atoms with E-state index >= 15 is 0 Å². The first kappa shape index (κ1) is 15.3. The van der Waals surface area contributed by atoms with Crippen LogP contribution in [-0.2, 0) is 4.74 Å². The van der Waals surface area contributed by atoms with E-state index in [4.69, 9.17) is 9.47 Å². The summed E-state index contributed by atoms with van der Waals surface area (Å²) in [4.78, 5) is 2.44. The van der Waals surface area contributed by atoms with E-state index in [1.54, 1.807) is 0 Å². The van der Waals surface area contributed by atoms with E-state index < -0.39 is 0 Å². The average Bonchev–Trinajstić information content (AvgIpc) is 2.50. The van der Waals surface area contributed by atoms with E-state index in [2.05, 4.69) is 29.3 Å². The zero-order valence-corrected chi connectivity index (χ0v) is 12.8. The number of hydrogen-bond acceptors (Lipinski definition) is 4. The molecule has 1 heterocycles. The molecule has 1 aliphatic heterocycles. The van der Waals surface area contributed by atoms with E-state index in [9.17, 15) is 0 Å². The molecule has 2 atom stereocenters. The summed E-state index contributed by atoms with van der Waals surface area (Å²) < 4.78 is 11.5. The van der Waals surface area contributed by atoms with Gasteiger partial charge < -0.3 is 14.8 Å². The predicted molar refractivity (Wildman–Crippen MR) is 81.3 cm³/mol. The van der Waals surface area contributed by atoms with Crippen molar-refractivity contribution in [1.82, 2.24) is 10.2 Å². The van der Waals surface area contributed by atoms with Crippen molar-refractivity contribution in [3.05, 3.63) is 29.8 Å². The molecule has 1 fully saturated rings. The molecule has 4 nitrogen and oxygen atoms in total. The number of rotatable bonds is 6. The van der Waals surface area contributed by atoms with Crippen molar-refractivity contribution in [2.45, 2.75) is 26.0 Å². The number of hydrogen-bond donors (Lipinski definition) is 1. The van der Waals surface area contributed by atoms with Crippen molar-refractivity contribution in [1.29, 1.82) is 0 Å². The van der Waals surface area contributed by atoms with Crippen molar-refractivity contribution < 1.29 is 9.47 Å². The van der Waals surface area contributed by atoms with Crippen LogP contribution >= 0.6 is 0 Å². The summed E-state index contributed by atoms with van der Waals surface area (Å²) in [7, 11) is 2.00. The first-order valence-corrected chi connectivity index (χ1v) is 7.52. The topological polar surface area (TPSA) is 33.7 Å². The van der Waals surface area contributed by atoms with E-state index in [1.807, 2.05) is 26.1 Å². The van der Waals surface area contributed by atoms with Gasteiger partial charge in [0.25, 0.3) is 0 Å². The van der Waals surface area contributed by atoms with Crippen LogP contribution in [0.15, 0.2) is 24.3 Å². The number of nitrogens with one attached hydrogen (secondary N) is 1. The molecule has 0 spiro atoms. The molecular weight excluding hydrogens is 252 g/mol. The first-order chi connectivity index (χ1) is 9.78. The fourth-order valence-electron chi connectivity index (χ4n) is 2.73. The monoisotopic (exact) mass is 278 g/mol. The second-order valence-corrected chi connectivity index (χ2v) is 5.07. The summed E-state index contributed by atoms with van der Waals surface area (Å²) in [6.07, 6.45) is 0.201. The van der Waals surface area contributed by atoms with Crippen LogP contribution in [0.2, 0.25) is 0 Å². The SMILES string of the molecule is CCOc1ccc(C(NC)C2CN(CC)CCO2)cc1. The first-order valence-electron chi connectivity index (χ1n) is 7.52. The third kappa shape index (κ3) is 3.72. The summed E-state index contributed by atoms with van der Waals surface area (Å²) in [5.41, 5.74) is 1.25. The Morgan fingerprint density at radius 2 is 2.10 bits per heavy atom. The maximum atomic E-state index is 5.96. The molecule has 0 amide bonds. The standard InChI is InChI=1S/C16H26N2O2/c1-4-18-10-11-20-15(12-18)16(17-3)13-6-8-14(9-7-13)19-5-2/h6-9,15-17H,4-5,10-12H2,1-3H3. The number of likely N-dealkylation sites (N-methyl/N-ethyl adjacent to an activating group) is 2. The van der Waals surface area contributed by atoms with Crippen LogP contribution in [0.5, 0.6) is 5.75 Å². The van der Waals surface area contributed by atoms with Crippen LogP contribution in [0.25, 0.3) is 0 Å². The quantitative estimate of drug-likeness (QED) is 0.863. The minimum Gasteiger partial charge on any atom is -0.494 e. The summed E-state index contributed by atoms with van der Waals surface area (Å²) in [5.74, 6) is 0.922. The summed E-state index contributed by atoms with van der Waals surface area (Å²) in [6, 6.07) is 8.54. The Morgan fingerprint density at radius 3 is 2.70 bits per heavy atom. The van der Waals surface area contributed by atoms with Crippen molar-refractivity contribution in [2.75, 3.05) is 39.9 Å². The molecule has 0 aromatic heterocycles. The smallest absolute Gasteiger partial charge is 0.119 e. The van der Waals surface area contributed by atoms with Crippen LogP contribution in [0, 0.1) is 0 Å². The maximum Gasteiger partial charge on any atom is 0.119 e. The predicted octanol–water partition coefficient (Wildman–Crippen LogP) is 2.07. The molecule has 112 valence electrons. The molecule has 1 aliphatic rings. The fourth-order valence-corrected chi connectivity index (χ4v) is 2.73. The molecule has 0 bridgehead atoms. The van der Waals surface area contributed by atoms with Crippen LogP contribution in [-0.4, -0.2) is 50.9 Å². The Labute approximate surface area is 122 Å². The molecule has 1 aromatic carbocycles. The normalized spacial score (nSPS) is 21.6. The molecule has 1 aromatic rings. The minimum atomic E-state index is 0.201. The third-order valence-corrected chi connectivity index (χ3v) is 3.86. The van der Waals surface area contributed by atoms with Crippen molar-refractivity contribution in [2.24, 2.45) is 0 Å². The van der Waals surface area contributed by atoms with Gasteiger partial charge in [-0.3, -0.25) is 4.90 Å². The summed E-state index contributed by atoms with van der Waals surface area (Å²) in [5, 5.41) is 3.39. The number of benzene rings is 1. The van der Waals surface area contributed by atoms with Gasteiger partial charge in [-0.25, -0.2) is 0 Å². The number of nitrogens with zero attached hydrogens (tertiary/aromatic N) is 1. The molecule has 20 heavy (non-hydrogen) atoms. The van der Waals surface area contributed by atoms with Gasteiger partial charge in [0.1, 0.15) is 5.75 Å². The van der Waals surface area contributed by atoms with Crippen molar-refractivity contribution in [3.63, 3.8) is 0 Å². The zero-order valence-electron chi connectivity index (χ0n) is 12.8. The van der Waals surface area contributed by atoms with Gasteiger partial charge in [0, 0.05) is 13.1 Å². The van der Waals surface area contributed by atoms with E-state index in [0.29, 0.717) is 6.61 Å². The van der Waals surface area contributed by atoms with Crippen LogP contribution in [0.4, 0.5) is 0 Å². The molecule has 1 N–H and O–H groups in total. The lowest BCUT2D eigenvalue weighted by molar-refractivity contribution is -0.0444. The molecule has 0 radical (unpaired) electrons. The largest absolute Gasteiger partial charge is 0.494 e. The molecule has 4 heteroatoms. The van der Waals surface area contributed by atoms with Crippen LogP contribution < -0.4 is 10.1 Å². The Kier molecular flexibility index (Phi) is 5.83. The Balaban J connectivity index is 2.06. The second kappa shape index (κ2) is 7.62. The minimum absolute atomic E-state index is 0.201. The van der Waals surface area contributed by atoms with Gasteiger partial charge in [0.2, 0.25) is 0 Å². The van der Waals surface area contributed by atoms with Crippen molar-refractivity contribution in [3.8, 4) is 5.75 Å². The highest BCUT2D eigenvalue weighted by atomic mass is 16.5.